The highest BCUT2D eigenvalue weighted by Gasteiger charge is 2.57. The highest BCUT2D eigenvalue weighted by atomic mass is 15.1. The van der Waals surface area contributed by atoms with Crippen molar-refractivity contribution in [3.05, 3.63) is 353 Å². The summed E-state index contributed by atoms with van der Waals surface area (Å²) in [7, 11) is 0. The third-order valence-electron chi connectivity index (χ3n) is 18.4. The van der Waals surface area contributed by atoms with Gasteiger partial charge in [0.1, 0.15) is 0 Å². The molecule has 1 spiro atoms. The molecule has 0 N–H and O–H groups in total. The first-order chi connectivity index (χ1) is 39.4. The van der Waals surface area contributed by atoms with E-state index in [-0.39, 0.29) is 5.41 Å². The zero-order chi connectivity index (χ0) is 53.2. The van der Waals surface area contributed by atoms with Crippen molar-refractivity contribution in [1.82, 2.24) is 0 Å². The Morgan fingerprint density at radius 1 is 0.250 bits per heavy atom. The summed E-state index contributed by atoms with van der Waals surface area (Å²) in [6, 6.07) is 112. The molecule has 80 heavy (non-hydrogen) atoms. The Balaban J connectivity index is 0.836. The molecule has 0 amide bonds. The third-order valence-corrected chi connectivity index (χ3v) is 18.4. The molecule has 0 fully saturated rings. The van der Waals surface area contributed by atoms with Gasteiger partial charge >= 0.3 is 0 Å². The van der Waals surface area contributed by atoms with Crippen molar-refractivity contribution in [2.24, 2.45) is 0 Å². The predicted octanol–water partition coefficient (Wildman–Crippen LogP) is 20.2. The molecule has 3 aliphatic rings. The van der Waals surface area contributed by atoms with Crippen LogP contribution in [0.1, 0.15) is 69.5 Å². The molecule has 13 aromatic carbocycles. The molecule has 0 aromatic heterocycles. The van der Waals surface area contributed by atoms with Gasteiger partial charge < -0.3 is 4.90 Å². The van der Waals surface area contributed by atoms with Gasteiger partial charge in [0.15, 0.2) is 0 Å². The lowest BCUT2D eigenvalue weighted by Gasteiger charge is -2.50. The summed E-state index contributed by atoms with van der Waals surface area (Å²) >= 11 is 0. The van der Waals surface area contributed by atoms with E-state index in [4.69, 9.17) is 0 Å². The van der Waals surface area contributed by atoms with Gasteiger partial charge in [0.05, 0.1) is 10.8 Å². The van der Waals surface area contributed by atoms with Crippen LogP contribution in [0, 0.1) is 0 Å². The fourth-order valence-electron chi connectivity index (χ4n) is 15.0. The Morgan fingerprint density at radius 3 is 1.34 bits per heavy atom. The van der Waals surface area contributed by atoms with Gasteiger partial charge in [0.25, 0.3) is 0 Å². The summed E-state index contributed by atoms with van der Waals surface area (Å²) in [4.78, 5) is 2.44. The van der Waals surface area contributed by atoms with Gasteiger partial charge in [-0.25, -0.2) is 0 Å². The van der Waals surface area contributed by atoms with Crippen molar-refractivity contribution in [2.45, 2.75) is 30.1 Å². The van der Waals surface area contributed by atoms with Gasteiger partial charge in [0, 0.05) is 22.5 Å². The molecule has 16 rings (SSSR count). The van der Waals surface area contributed by atoms with Crippen LogP contribution in [0.15, 0.2) is 297 Å². The maximum atomic E-state index is 2.44. The van der Waals surface area contributed by atoms with Crippen molar-refractivity contribution in [1.29, 1.82) is 0 Å². The van der Waals surface area contributed by atoms with E-state index in [0.29, 0.717) is 0 Å². The zero-order valence-corrected chi connectivity index (χ0v) is 44.7. The lowest BCUT2D eigenvalue weighted by Crippen LogP contribution is -2.44. The fraction of sp³-hybridized carbons (Fsp3) is 0.0633. The minimum absolute atomic E-state index is 0.124. The summed E-state index contributed by atoms with van der Waals surface area (Å²) in [6.07, 6.45) is 0. The smallest absolute Gasteiger partial charge is 0.0720 e. The second-order valence-electron chi connectivity index (χ2n) is 22.7. The zero-order valence-electron chi connectivity index (χ0n) is 44.7. The first-order valence-electron chi connectivity index (χ1n) is 28.2. The molecule has 0 aliphatic heterocycles. The highest BCUT2D eigenvalue weighted by Crippen LogP contribution is 2.65. The molecule has 0 saturated heterocycles. The van der Waals surface area contributed by atoms with Crippen LogP contribution in [0.4, 0.5) is 17.1 Å². The Bertz CT molecular complexity index is 4520. The molecule has 1 heteroatoms. The van der Waals surface area contributed by atoms with Crippen molar-refractivity contribution in [3.63, 3.8) is 0 Å². The second kappa shape index (κ2) is 17.6. The van der Waals surface area contributed by atoms with Crippen LogP contribution >= 0.6 is 0 Å². The van der Waals surface area contributed by atoms with Crippen LogP contribution in [0.3, 0.4) is 0 Å². The van der Waals surface area contributed by atoms with Gasteiger partial charge in [-0.3, -0.25) is 0 Å². The van der Waals surface area contributed by atoms with Crippen molar-refractivity contribution < 1.29 is 0 Å². The number of hydrogen-bond donors (Lipinski definition) is 0. The monoisotopic (exact) mass is 1020 g/mol. The summed E-state index contributed by atoms with van der Waals surface area (Å²) < 4.78 is 0. The molecular weight excluding hydrogens is 963 g/mol. The maximum Gasteiger partial charge on any atom is 0.0720 e. The lowest BCUT2D eigenvalue weighted by atomic mass is 9.51. The van der Waals surface area contributed by atoms with Gasteiger partial charge in [0.2, 0.25) is 0 Å². The van der Waals surface area contributed by atoms with Crippen molar-refractivity contribution in [2.75, 3.05) is 4.90 Å². The van der Waals surface area contributed by atoms with E-state index in [2.05, 4.69) is 316 Å². The number of hydrogen-bond acceptors (Lipinski definition) is 1. The third kappa shape index (κ3) is 6.46. The number of anilines is 3. The number of benzene rings is 13. The van der Waals surface area contributed by atoms with E-state index in [1.54, 1.807) is 0 Å². The van der Waals surface area contributed by atoms with Gasteiger partial charge in [-0.15, -0.1) is 0 Å². The lowest BCUT2D eigenvalue weighted by molar-refractivity contribution is 0.623. The number of rotatable bonds is 7. The number of fused-ring (bicyclic) bond motifs is 15. The van der Waals surface area contributed by atoms with Gasteiger partial charge in [-0.2, -0.15) is 0 Å². The van der Waals surface area contributed by atoms with E-state index >= 15 is 0 Å². The SMILES string of the molecule is CC1(C)c2ccccc2-c2ccc(N(c3ccc(-c4ccccc4)cc3)c3ccc4c(ccc5cc(-c6cccc7c6-c6ccccc6C76c7ccccc7C(c7ccccc7)(c7ccccc7)c7ccccc76)ccc54)c3)cc21. The Labute approximate surface area is 468 Å². The summed E-state index contributed by atoms with van der Waals surface area (Å²) in [5.74, 6) is 0. The summed E-state index contributed by atoms with van der Waals surface area (Å²) in [6.45, 7) is 4.73. The van der Waals surface area contributed by atoms with E-state index in [0.717, 1.165) is 17.1 Å². The average molecular weight is 1020 g/mol. The average Bonchev–Trinajstić information content (AvgIpc) is 4.15. The fourth-order valence-corrected chi connectivity index (χ4v) is 15.0. The molecule has 1 nitrogen and oxygen atoms in total. The Kier molecular flexibility index (Phi) is 10.2. The molecule has 13 aromatic rings. The van der Waals surface area contributed by atoms with Crippen LogP contribution < -0.4 is 4.90 Å². The predicted molar refractivity (Wildman–Crippen MR) is 334 cm³/mol. The van der Waals surface area contributed by atoms with E-state index in [9.17, 15) is 0 Å². The van der Waals surface area contributed by atoms with Gasteiger partial charge in [-0.05, 0) is 164 Å². The minimum atomic E-state index is -0.564. The minimum Gasteiger partial charge on any atom is -0.310 e. The Hall–Kier alpha value is -9.82. The Morgan fingerprint density at radius 2 is 0.688 bits per heavy atom. The topological polar surface area (TPSA) is 3.24 Å². The maximum absolute atomic E-state index is 2.44. The molecule has 376 valence electrons. The molecule has 0 radical (unpaired) electrons. The standard InChI is InChI=1S/C79H55N/c1-77(2)68-30-14-12-27-65(68)66-48-45-61(51-75(66)77)80(59-42-39-53(40-43-59)52-21-6-3-7-22-52)60-44-47-63-56(50-60)38-37-54-49-55(41-46-62(54)63)64-29-20-36-74-76(64)67-28-13-15-31-69(67)79(74)72-34-18-16-32-70(72)78(57-23-8-4-9-24-57,58-25-10-5-11-26-58)71-33-17-19-35-73(71)79/h3-51H,1-2H3. The molecule has 0 saturated carbocycles. The molecule has 3 aliphatic carbocycles. The number of nitrogens with zero attached hydrogens (tertiary/aromatic N) is 1. The summed E-state index contributed by atoms with van der Waals surface area (Å²) in [5.41, 5.74) is 25.5. The molecular formula is C79H55N. The van der Waals surface area contributed by atoms with E-state index < -0.39 is 10.8 Å². The summed E-state index contributed by atoms with van der Waals surface area (Å²) in [5, 5.41) is 4.90. The highest BCUT2D eigenvalue weighted by molar-refractivity contribution is 6.10. The van der Waals surface area contributed by atoms with Gasteiger partial charge in [-0.1, -0.05) is 269 Å². The molecule has 0 bridgehead atoms. The van der Waals surface area contributed by atoms with Crippen LogP contribution in [0.5, 0.6) is 0 Å². The van der Waals surface area contributed by atoms with E-state index in [1.165, 1.54) is 122 Å². The molecule has 0 unspecified atom stereocenters. The first kappa shape index (κ1) is 46.3. The first-order valence-corrected chi connectivity index (χ1v) is 28.2. The van der Waals surface area contributed by atoms with Crippen molar-refractivity contribution in [3.8, 4) is 44.5 Å². The second-order valence-corrected chi connectivity index (χ2v) is 22.7. The van der Waals surface area contributed by atoms with E-state index in [1.807, 2.05) is 0 Å². The quantitative estimate of drug-likeness (QED) is 0.144. The van der Waals surface area contributed by atoms with Crippen LogP contribution in [-0.4, -0.2) is 0 Å². The van der Waals surface area contributed by atoms with Crippen molar-refractivity contribution >= 4 is 38.6 Å². The molecule has 0 heterocycles. The van der Waals surface area contributed by atoms with Crippen LogP contribution in [0.2, 0.25) is 0 Å². The van der Waals surface area contributed by atoms with Crippen LogP contribution in [0.25, 0.3) is 66.1 Å². The van der Waals surface area contributed by atoms with Crippen LogP contribution in [-0.2, 0) is 16.2 Å². The molecule has 0 atom stereocenters. The largest absolute Gasteiger partial charge is 0.310 e. The normalized spacial score (nSPS) is 14.4.